The Bertz CT molecular complexity index is 407. The summed E-state index contributed by atoms with van der Waals surface area (Å²) in [7, 11) is 1.57. The summed E-state index contributed by atoms with van der Waals surface area (Å²) < 4.78 is 18.3. The van der Waals surface area contributed by atoms with Crippen LogP contribution in [0.15, 0.2) is 18.2 Å². The number of nitrogens with one attached hydrogen (secondary N) is 1. The maximum atomic E-state index is 13.1. The molecule has 1 aromatic rings. The lowest BCUT2D eigenvalue weighted by molar-refractivity contribution is 0.260. The van der Waals surface area contributed by atoms with Crippen molar-refractivity contribution >= 4 is 5.69 Å². The average Bonchev–Trinajstić information content (AvgIpc) is 2.36. The minimum atomic E-state index is -0.261. The van der Waals surface area contributed by atoms with Crippen LogP contribution in [0.1, 0.15) is 33.1 Å². The second-order valence-corrected chi connectivity index (χ2v) is 5.45. The smallest absolute Gasteiger partial charge is 0.144 e. The van der Waals surface area contributed by atoms with Gasteiger partial charge in [0, 0.05) is 12.1 Å². The van der Waals surface area contributed by atoms with Gasteiger partial charge in [-0.05, 0) is 43.2 Å². The number of methoxy groups -OCH3 is 1. The van der Waals surface area contributed by atoms with Crippen molar-refractivity contribution in [3.63, 3.8) is 0 Å². The minimum absolute atomic E-state index is 0.261. The van der Waals surface area contributed by atoms with Gasteiger partial charge in [0.1, 0.15) is 11.6 Å². The standard InChI is InChI=1S/C15H22FNO/c1-10-4-6-13(8-11(10)2)17-14-7-5-12(16)9-15(14)18-3/h5,7,9-11,13,17H,4,6,8H2,1-3H3. The van der Waals surface area contributed by atoms with E-state index in [0.717, 1.165) is 17.5 Å². The third-order valence-corrected chi connectivity index (χ3v) is 4.12. The molecule has 0 bridgehead atoms. The molecular weight excluding hydrogens is 229 g/mol. The van der Waals surface area contributed by atoms with Gasteiger partial charge in [0.05, 0.1) is 12.8 Å². The lowest BCUT2D eigenvalue weighted by Crippen LogP contribution is -2.30. The Morgan fingerprint density at radius 3 is 2.67 bits per heavy atom. The molecule has 0 heterocycles. The quantitative estimate of drug-likeness (QED) is 0.874. The van der Waals surface area contributed by atoms with Crippen LogP contribution in [0, 0.1) is 17.7 Å². The Morgan fingerprint density at radius 1 is 1.22 bits per heavy atom. The number of benzene rings is 1. The van der Waals surface area contributed by atoms with Gasteiger partial charge >= 0.3 is 0 Å². The van der Waals surface area contributed by atoms with Crippen molar-refractivity contribution in [1.82, 2.24) is 0 Å². The Morgan fingerprint density at radius 2 is 2.00 bits per heavy atom. The molecule has 0 radical (unpaired) electrons. The third-order valence-electron chi connectivity index (χ3n) is 4.12. The van der Waals surface area contributed by atoms with Crippen LogP contribution in [0.25, 0.3) is 0 Å². The maximum absolute atomic E-state index is 13.1. The SMILES string of the molecule is COc1cc(F)ccc1NC1CCC(C)C(C)C1. The van der Waals surface area contributed by atoms with Gasteiger partial charge in [0.25, 0.3) is 0 Å². The highest BCUT2D eigenvalue weighted by molar-refractivity contribution is 5.57. The normalized spacial score (nSPS) is 27.9. The third kappa shape index (κ3) is 2.95. The van der Waals surface area contributed by atoms with E-state index in [1.807, 2.05) is 0 Å². The minimum Gasteiger partial charge on any atom is -0.494 e. The first-order valence-corrected chi connectivity index (χ1v) is 6.70. The molecule has 1 aliphatic rings. The molecule has 3 heteroatoms. The molecule has 2 nitrogen and oxygen atoms in total. The van der Waals surface area contributed by atoms with Crippen molar-refractivity contribution in [2.45, 2.75) is 39.2 Å². The molecule has 18 heavy (non-hydrogen) atoms. The molecule has 2 rings (SSSR count). The fraction of sp³-hybridized carbons (Fsp3) is 0.600. The summed E-state index contributed by atoms with van der Waals surface area (Å²) in [6.45, 7) is 4.62. The van der Waals surface area contributed by atoms with Crippen molar-refractivity contribution in [2.24, 2.45) is 11.8 Å². The fourth-order valence-electron chi connectivity index (χ4n) is 2.68. The van der Waals surface area contributed by atoms with Gasteiger partial charge in [-0.1, -0.05) is 13.8 Å². The predicted octanol–water partition coefficient (Wildman–Crippen LogP) is 4.07. The Hall–Kier alpha value is -1.25. The fourth-order valence-corrected chi connectivity index (χ4v) is 2.68. The number of hydrogen-bond acceptors (Lipinski definition) is 2. The Kier molecular flexibility index (Phi) is 4.10. The van der Waals surface area contributed by atoms with Crippen LogP contribution in [0.4, 0.5) is 10.1 Å². The lowest BCUT2D eigenvalue weighted by Gasteiger charge is -2.33. The molecule has 1 N–H and O–H groups in total. The zero-order valence-corrected chi connectivity index (χ0v) is 11.4. The van der Waals surface area contributed by atoms with Crippen molar-refractivity contribution in [3.05, 3.63) is 24.0 Å². The molecule has 0 aromatic heterocycles. The molecule has 0 aliphatic heterocycles. The first-order valence-electron chi connectivity index (χ1n) is 6.70. The van der Waals surface area contributed by atoms with E-state index >= 15 is 0 Å². The second kappa shape index (κ2) is 5.59. The van der Waals surface area contributed by atoms with Gasteiger partial charge in [-0.3, -0.25) is 0 Å². The summed E-state index contributed by atoms with van der Waals surface area (Å²) in [6, 6.07) is 5.13. The second-order valence-electron chi connectivity index (χ2n) is 5.45. The summed E-state index contributed by atoms with van der Waals surface area (Å²) in [5.74, 6) is 1.87. The van der Waals surface area contributed by atoms with Gasteiger partial charge in [-0.25, -0.2) is 4.39 Å². The molecule has 0 saturated heterocycles. The molecule has 1 aliphatic carbocycles. The predicted molar refractivity (Wildman–Crippen MR) is 72.5 cm³/mol. The van der Waals surface area contributed by atoms with Gasteiger partial charge in [-0.2, -0.15) is 0 Å². The van der Waals surface area contributed by atoms with Crippen LogP contribution in [-0.2, 0) is 0 Å². The number of rotatable bonds is 3. The van der Waals surface area contributed by atoms with E-state index < -0.39 is 0 Å². The number of hydrogen-bond donors (Lipinski definition) is 1. The van der Waals surface area contributed by atoms with E-state index in [1.165, 1.54) is 31.4 Å². The van der Waals surface area contributed by atoms with Gasteiger partial charge in [-0.15, -0.1) is 0 Å². The van der Waals surface area contributed by atoms with Gasteiger partial charge < -0.3 is 10.1 Å². The van der Waals surface area contributed by atoms with E-state index in [9.17, 15) is 4.39 Å². The van der Waals surface area contributed by atoms with Crippen LogP contribution in [0.5, 0.6) is 5.75 Å². The maximum Gasteiger partial charge on any atom is 0.144 e. The highest BCUT2D eigenvalue weighted by atomic mass is 19.1. The number of halogens is 1. The van der Waals surface area contributed by atoms with Crippen LogP contribution < -0.4 is 10.1 Å². The van der Waals surface area contributed by atoms with Crippen molar-refractivity contribution in [2.75, 3.05) is 12.4 Å². The van der Waals surface area contributed by atoms with E-state index in [-0.39, 0.29) is 5.82 Å². The highest BCUT2D eigenvalue weighted by Gasteiger charge is 2.24. The van der Waals surface area contributed by atoms with Gasteiger partial charge in [0.15, 0.2) is 0 Å². The zero-order chi connectivity index (χ0) is 13.1. The van der Waals surface area contributed by atoms with Crippen molar-refractivity contribution < 1.29 is 9.13 Å². The molecule has 1 aromatic carbocycles. The molecule has 1 saturated carbocycles. The van der Waals surface area contributed by atoms with Crippen LogP contribution in [-0.4, -0.2) is 13.2 Å². The van der Waals surface area contributed by atoms with E-state index in [1.54, 1.807) is 13.2 Å². The molecule has 1 fully saturated rings. The molecule has 3 atom stereocenters. The lowest BCUT2D eigenvalue weighted by atomic mass is 9.79. The monoisotopic (exact) mass is 251 g/mol. The molecule has 100 valence electrons. The molecular formula is C15H22FNO. The number of anilines is 1. The Balaban J connectivity index is 2.05. The van der Waals surface area contributed by atoms with Crippen LogP contribution in [0.3, 0.4) is 0 Å². The average molecular weight is 251 g/mol. The zero-order valence-electron chi connectivity index (χ0n) is 11.4. The number of ether oxygens (including phenoxy) is 1. The summed E-state index contributed by atoms with van der Waals surface area (Å²) in [5, 5.41) is 3.49. The topological polar surface area (TPSA) is 21.3 Å². The van der Waals surface area contributed by atoms with Crippen molar-refractivity contribution in [3.8, 4) is 5.75 Å². The van der Waals surface area contributed by atoms with Crippen LogP contribution >= 0.6 is 0 Å². The summed E-state index contributed by atoms with van der Waals surface area (Å²) >= 11 is 0. The van der Waals surface area contributed by atoms with Crippen LogP contribution in [0.2, 0.25) is 0 Å². The van der Waals surface area contributed by atoms with E-state index in [4.69, 9.17) is 4.74 Å². The molecule has 3 unspecified atom stereocenters. The molecule has 0 amide bonds. The molecule has 0 spiro atoms. The largest absolute Gasteiger partial charge is 0.494 e. The van der Waals surface area contributed by atoms with E-state index in [0.29, 0.717) is 11.8 Å². The summed E-state index contributed by atoms with van der Waals surface area (Å²) in [6.07, 6.45) is 3.59. The Labute approximate surface area is 109 Å². The first-order chi connectivity index (χ1) is 8.60. The summed E-state index contributed by atoms with van der Waals surface area (Å²) in [4.78, 5) is 0. The summed E-state index contributed by atoms with van der Waals surface area (Å²) in [5.41, 5.74) is 0.894. The highest BCUT2D eigenvalue weighted by Crippen LogP contribution is 2.33. The van der Waals surface area contributed by atoms with Crippen molar-refractivity contribution in [1.29, 1.82) is 0 Å². The van der Waals surface area contributed by atoms with Gasteiger partial charge in [0.2, 0.25) is 0 Å². The first kappa shape index (κ1) is 13.2. The van der Waals surface area contributed by atoms with E-state index in [2.05, 4.69) is 19.2 Å².